The first kappa shape index (κ1) is 29.1. The topological polar surface area (TPSA) is 78.6 Å². The Morgan fingerprint density at radius 2 is 1.47 bits per heavy atom. The fourth-order valence-electron chi connectivity index (χ4n) is 4.00. The van der Waals surface area contributed by atoms with Crippen LogP contribution in [0.5, 0.6) is 0 Å². The first-order valence-electron chi connectivity index (χ1n) is 12.4. The van der Waals surface area contributed by atoms with Gasteiger partial charge in [0.1, 0.15) is 5.78 Å². The number of rotatable bonds is 10. The minimum atomic E-state index is -0.241. The van der Waals surface area contributed by atoms with Crippen molar-refractivity contribution in [2.75, 3.05) is 19.8 Å². The van der Waals surface area contributed by atoms with Crippen molar-refractivity contribution in [3.05, 3.63) is 0 Å². The molecule has 2 fully saturated rings. The number of ketones is 1. The molecule has 2 N–H and O–H groups in total. The van der Waals surface area contributed by atoms with Gasteiger partial charge in [-0.25, -0.2) is 0 Å². The van der Waals surface area contributed by atoms with Gasteiger partial charge in [0.05, 0.1) is 6.10 Å². The van der Waals surface area contributed by atoms with Crippen molar-refractivity contribution < 1.29 is 20.5 Å². The second kappa shape index (κ2) is 18.8. The Kier molecular flexibility index (Phi) is 18.2. The van der Waals surface area contributed by atoms with Crippen LogP contribution in [-0.4, -0.2) is 37.6 Å². The molecular weight excluding hydrogens is 378 g/mol. The Balaban J connectivity index is 0. The average Bonchev–Trinajstić information content (AvgIpc) is 2.75. The van der Waals surface area contributed by atoms with E-state index in [0.717, 1.165) is 38.4 Å². The van der Waals surface area contributed by atoms with Crippen LogP contribution in [0.3, 0.4) is 0 Å². The zero-order chi connectivity index (χ0) is 22.8. The molecule has 0 unspecified atom stereocenters. The lowest BCUT2D eigenvalue weighted by molar-refractivity contribution is -0.121. The first-order chi connectivity index (χ1) is 14.4. The Bertz CT molecular complexity index is 431. The second-order valence-corrected chi connectivity index (χ2v) is 8.86. The van der Waals surface area contributed by atoms with Gasteiger partial charge in [-0.2, -0.15) is 0 Å². The number of carbonyl (C=O) groups is 2. The number of Topliss-reactive ketones (excluding diaryl/α,β-unsaturated/α-hetero) is 1. The smallest absolute Gasteiger partial charge is 0.217 e. The largest absolute Gasteiger partial charge is 0.381 e. The quantitative estimate of drug-likeness (QED) is 0.437. The molecule has 0 aromatic carbocycles. The zero-order valence-corrected chi connectivity index (χ0v) is 20.4. The Labute approximate surface area is 187 Å². The van der Waals surface area contributed by atoms with Gasteiger partial charge < -0.3 is 15.2 Å². The third-order valence-electron chi connectivity index (χ3n) is 5.88. The van der Waals surface area contributed by atoms with E-state index in [1.54, 1.807) is 6.92 Å². The summed E-state index contributed by atoms with van der Waals surface area (Å²) in [7, 11) is 0. The number of primary amides is 1. The molecule has 0 spiro atoms. The second-order valence-electron chi connectivity index (χ2n) is 8.86. The molecule has 0 aromatic heterocycles. The summed E-state index contributed by atoms with van der Waals surface area (Å²) in [6.45, 7) is 12.3. The minimum absolute atomic E-state index is 0. The number of nitrogens with two attached hydrogens (primary N) is 1. The van der Waals surface area contributed by atoms with Crippen LogP contribution in [0.2, 0.25) is 0 Å². The van der Waals surface area contributed by atoms with Crippen molar-refractivity contribution in [2.24, 2.45) is 23.5 Å². The molecule has 30 heavy (non-hydrogen) atoms. The SMILES string of the molecule is CC.CC(=O)C1CCCCC1.CC(C)OCC1CCC(COCCCC(N)=O)CC1.[HH]. The van der Waals surface area contributed by atoms with E-state index in [1.165, 1.54) is 44.9 Å². The zero-order valence-electron chi connectivity index (χ0n) is 20.4. The molecule has 0 bridgehead atoms. The predicted molar refractivity (Wildman–Crippen MR) is 127 cm³/mol. The molecule has 0 heterocycles. The van der Waals surface area contributed by atoms with E-state index < -0.39 is 0 Å². The normalized spacial score (nSPS) is 21.8. The number of ether oxygens (including phenoxy) is 2. The molecule has 0 radical (unpaired) electrons. The summed E-state index contributed by atoms with van der Waals surface area (Å²) in [5, 5.41) is 0. The maximum absolute atomic E-state index is 10.8. The van der Waals surface area contributed by atoms with Gasteiger partial charge in [0.25, 0.3) is 0 Å². The number of hydrogen-bond acceptors (Lipinski definition) is 4. The number of amides is 1. The van der Waals surface area contributed by atoms with Gasteiger partial charge in [-0.15, -0.1) is 0 Å². The molecule has 0 saturated heterocycles. The van der Waals surface area contributed by atoms with Crippen LogP contribution in [0, 0.1) is 17.8 Å². The molecule has 5 nitrogen and oxygen atoms in total. The van der Waals surface area contributed by atoms with E-state index in [9.17, 15) is 9.59 Å². The van der Waals surface area contributed by atoms with Crippen molar-refractivity contribution in [1.82, 2.24) is 0 Å². The Morgan fingerprint density at radius 1 is 0.933 bits per heavy atom. The third-order valence-corrected chi connectivity index (χ3v) is 5.88. The first-order valence-corrected chi connectivity index (χ1v) is 12.4. The van der Waals surface area contributed by atoms with E-state index >= 15 is 0 Å². The monoisotopic (exact) mass is 429 g/mol. The minimum Gasteiger partial charge on any atom is -0.381 e. The predicted octanol–water partition coefficient (Wildman–Crippen LogP) is 5.93. The van der Waals surface area contributed by atoms with Crippen LogP contribution < -0.4 is 5.73 Å². The molecule has 5 heteroatoms. The van der Waals surface area contributed by atoms with Gasteiger partial charge in [-0.3, -0.25) is 9.59 Å². The van der Waals surface area contributed by atoms with Crippen molar-refractivity contribution in [1.29, 1.82) is 0 Å². The third kappa shape index (κ3) is 15.8. The van der Waals surface area contributed by atoms with Crippen molar-refractivity contribution in [2.45, 2.75) is 111 Å². The van der Waals surface area contributed by atoms with E-state index in [2.05, 4.69) is 13.8 Å². The molecule has 0 aromatic rings. The molecule has 2 aliphatic rings. The standard InChI is InChI=1S/C15H29NO3.C8H14O.C2H6.H2/c1-12(2)19-11-14-7-5-13(6-8-14)10-18-9-3-4-15(16)17;1-7(9)8-5-3-2-4-6-8;1-2;/h12-14H,3-11H2,1-2H3,(H2,16,17);8H,2-6H2,1H3;1-2H3;1H. The molecule has 2 rings (SSSR count). The summed E-state index contributed by atoms with van der Waals surface area (Å²) < 4.78 is 11.3. The van der Waals surface area contributed by atoms with Gasteiger partial charge in [-0.05, 0) is 77.6 Å². The summed E-state index contributed by atoms with van der Waals surface area (Å²) in [5.41, 5.74) is 5.08. The van der Waals surface area contributed by atoms with Gasteiger partial charge in [0, 0.05) is 33.6 Å². The lowest BCUT2D eigenvalue weighted by atomic mass is 9.83. The van der Waals surface area contributed by atoms with Gasteiger partial charge in [-0.1, -0.05) is 33.1 Å². The van der Waals surface area contributed by atoms with Crippen molar-refractivity contribution >= 4 is 11.7 Å². The van der Waals surface area contributed by atoms with Crippen LogP contribution in [0.25, 0.3) is 0 Å². The van der Waals surface area contributed by atoms with Crippen LogP contribution in [0.15, 0.2) is 0 Å². The van der Waals surface area contributed by atoms with Crippen LogP contribution in [-0.2, 0) is 19.1 Å². The maximum atomic E-state index is 10.8. The summed E-state index contributed by atoms with van der Waals surface area (Å²) in [4.78, 5) is 21.4. The maximum Gasteiger partial charge on any atom is 0.217 e. The highest BCUT2D eigenvalue weighted by atomic mass is 16.5. The molecular formula is C25H51NO4. The molecule has 1 amide bonds. The van der Waals surface area contributed by atoms with E-state index in [1.807, 2.05) is 13.8 Å². The highest BCUT2D eigenvalue weighted by Gasteiger charge is 2.21. The highest BCUT2D eigenvalue weighted by molar-refractivity contribution is 5.78. The van der Waals surface area contributed by atoms with Gasteiger partial charge >= 0.3 is 0 Å². The summed E-state index contributed by atoms with van der Waals surface area (Å²) in [6.07, 6.45) is 12.7. The average molecular weight is 430 g/mol. The van der Waals surface area contributed by atoms with Crippen molar-refractivity contribution in [3.8, 4) is 0 Å². The van der Waals surface area contributed by atoms with E-state index in [4.69, 9.17) is 15.2 Å². The summed E-state index contributed by atoms with van der Waals surface area (Å²) in [5.74, 6) is 1.99. The molecule has 2 saturated carbocycles. The lowest BCUT2D eigenvalue weighted by Gasteiger charge is -2.28. The van der Waals surface area contributed by atoms with Gasteiger partial charge in [0.15, 0.2) is 0 Å². The Morgan fingerprint density at radius 3 is 1.90 bits per heavy atom. The fourth-order valence-corrected chi connectivity index (χ4v) is 4.00. The molecule has 0 atom stereocenters. The summed E-state index contributed by atoms with van der Waals surface area (Å²) in [6, 6.07) is 0. The fraction of sp³-hybridized carbons (Fsp3) is 0.920. The number of hydrogen-bond donors (Lipinski definition) is 1. The highest BCUT2D eigenvalue weighted by Crippen LogP contribution is 2.29. The van der Waals surface area contributed by atoms with Gasteiger partial charge in [0.2, 0.25) is 5.91 Å². The molecule has 2 aliphatic carbocycles. The van der Waals surface area contributed by atoms with E-state index in [-0.39, 0.29) is 7.33 Å². The molecule has 180 valence electrons. The van der Waals surface area contributed by atoms with Crippen LogP contribution >= 0.6 is 0 Å². The lowest BCUT2D eigenvalue weighted by Crippen LogP contribution is -2.23. The Hall–Kier alpha value is -0.940. The van der Waals surface area contributed by atoms with Crippen LogP contribution in [0.4, 0.5) is 0 Å². The summed E-state index contributed by atoms with van der Waals surface area (Å²) >= 11 is 0. The van der Waals surface area contributed by atoms with Crippen molar-refractivity contribution in [3.63, 3.8) is 0 Å². The van der Waals surface area contributed by atoms with Crippen LogP contribution in [0.1, 0.15) is 107 Å². The van der Waals surface area contributed by atoms with E-state index in [0.29, 0.717) is 36.8 Å². The number of carbonyl (C=O) groups excluding carboxylic acids is 2. The molecule has 0 aliphatic heterocycles.